The molecule has 1 unspecified atom stereocenters. The maximum atomic E-state index is 3.75. The molecule has 54 valence electrons. The third-order valence-electron chi connectivity index (χ3n) is 1.27. The van der Waals surface area contributed by atoms with Gasteiger partial charge in [-0.2, -0.15) is 23.5 Å². The van der Waals surface area contributed by atoms with Crippen LogP contribution in [-0.2, 0) is 0 Å². The van der Waals surface area contributed by atoms with Gasteiger partial charge < -0.3 is 0 Å². The Balaban J connectivity index is 3.63. The van der Waals surface area contributed by atoms with E-state index >= 15 is 0 Å². The number of hydrogen-bond donors (Lipinski definition) is 0. The molecule has 0 aliphatic carbocycles. The van der Waals surface area contributed by atoms with Crippen LogP contribution in [0.1, 0.15) is 6.92 Å². The summed E-state index contributed by atoms with van der Waals surface area (Å²) in [6.45, 7) is 5.95. The molecule has 0 amide bonds. The fourth-order valence-corrected chi connectivity index (χ4v) is 2.49. The van der Waals surface area contributed by atoms with Crippen molar-refractivity contribution in [3.05, 3.63) is 12.7 Å². The monoisotopic (exact) mass is 162 g/mol. The molecule has 0 aromatic heterocycles. The highest BCUT2D eigenvalue weighted by Gasteiger charge is 2.09. The summed E-state index contributed by atoms with van der Waals surface area (Å²) in [7, 11) is 0. The summed E-state index contributed by atoms with van der Waals surface area (Å²) in [6, 6.07) is 0. The van der Waals surface area contributed by atoms with Crippen LogP contribution in [0.25, 0.3) is 0 Å². The fraction of sp³-hybridized carbons (Fsp3) is 0.714. The first kappa shape index (κ1) is 9.44. The van der Waals surface area contributed by atoms with Gasteiger partial charge in [0.2, 0.25) is 0 Å². The summed E-state index contributed by atoms with van der Waals surface area (Å²) >= 11 is 3.79. The first-order valence-electron chi connectivity index (χ1n) is 2.94. The topological polar surface area (TPSA) is 0 Å². The van der Waals surface area contributed by atoms with Crippen molar-refractivity contribution in [3.63, 3.8) is 0 Å². The zero-order chi connectivity index (χ0) is 7.28. The van der Waals surface area contributed by atoms with E-state index in [0.29, 0.717) is 10.5 Å². The van der Waals surface area contributed by atoms with Crippen molar-refractivity contribution in [1.29, 1.82) is 0 Å². The van der Waals surface area contributed by atoms with Gasteiger partial charge in [0, 0.05) is 0 Å². The van der Waals surface area contributed by atoms with Crippen LogP contribution in [0.5, 0.6) is 0 Å². The summed E-state index contributed by atoms with van der Waals surface area (Å²) in [5.74, 6) is 0.620. The van der Waals surface area contributed by atoms with Gasteiger partial charge in [-0.15, -0.1) is 6.58 Å². The van der Waals surface area contributed by atoms with E-state index in [4.69, 9.17) is 0 Å². The van der Waals surface area contributed by atoms with Gasteiger partial charge in [-0.1, -0.05) is 13.0 Å². The zero-order valence-corrected chi connectivity index (χ0v) is 7.89. The van der Waals surface area contributed by atoms with Crippen molar-refractivity contribution >= 4 is 23.5 Å². The Morgan fingerprint density at radius 1 is 1.33 bits per heavy atom. The Morgan fingerprint density at radius 2 is 1.78 bits per heavy atom. The quantitative estimate of drug-likeness (QED) is 0.460. The Morgan fingerprint density at radius 3 is 1.89 bits per heavy atom. The van der Waals surface area contributed by atoms with E-state index in [0.717, 1.165) is 0 Å². The summed E-state index contributed by atoms with van der Waals surface area (Å²) in [6.07, 6.45) is 6.29. The smallest absolute Gasteiger partial charge is 0.0556 e. The van der Waals surface area contributed by atoms with Crippen molar-refractivity contribution in [2.75, 3.05) is 12.5 Å². The van der Waals surface area contributed by atoms with Crippen LogP contribution in [-0.4, -0.2) is 17.1 Å². The van der Waals surface area contributed by atoms with E-state index in [2.05, 4.69) is 26.0 Å². The lowest BCUT2D eigenvalue weighted by Gasteiger charge is -2.15. The second kappa shape index (κ2) is 5.24. The molecule has 2 heteroatoms. The fourth-order valence-electron chi connectivity index (χ4n) is 0.637. The molecule has 0 radical (unpaired) electrons. The molecule has 9 heavy (non-hydrogen) atoms. The van der Waals surface area contributed by atoms with Crippen molar-refractivity contribution in [1.82, 2.24) is 0 Å². The molecule has 0 aromatic carbocycles. The molecule has 0 fully saturated rings. The average molecular weight is 162 g/mol. The SMILES string of the molecule is C=CC(C)C(SC)SC. The Bertz CT molecular complexity index is 77.0. The van der Waals surface area contributed by atoms with Gasteiger partial charge in [0.1, 0.15) is 0 Å². The van der Waals surface area contributed by atoms with Gasteiger partial charge in [0.05, 0.1) is 4.58 Å². The van der Waals surface area contributed by atoms with Gasteiger partial charge in [-0.3, -0.25) is 0 Å². The van der Waals surface area contributed by atoms with Crippen molar-refractivity contribution in [3.8, 4) is 0 Å². The van der Waals surface area contributed by atoms with E-state index in [1.54, 1.807) is 0 Å². The maximum absolute atomic E-state index is 3.75. The molecule has 1 atom stereocenters. The Kier molecular flexibility index (Phi) is 5.50. The minimum Gasteiger partial charge on any atom is -0.150 e. The molecule has 0 rings (SSSR count). The van der Waals surface area contributed by atoms with Gasteiger partial charge in [-0.05, 0) is 18.4 Å². The normalized spacial score (nSPS) is 13.8. The first-order valence-corrected chi connectivity index (χ1v) is 5.52. The molecule has 0 N–H and O–H groups in total. The number of hydrogen-bond acceptors (Lipinski definition) is 2. The molecule has 0 aromatic rings. The third-order valence-corrected chi connectivity index (χ3v) is 4.21. The van der Waals surface area contributed by atoms with Crippen molar-refractivity contribution in [2.24, 2.45) is 5.92 Å². The third kappa shape index (κ3) is 3.21. The number of rotatable bonds is 4. The Labute approximate surface area is 66.5 Å². The molecule has 0 aliphatic rings. The van der Waals surface area contributed by atoms with Crippen LogP contribution in [0.4, 0.5) is 0 Å². The molecule has 0 aliphatic heterocycles. The average Bonchev–Trinajstić information content (AvgIpc) is 1.90. The van der Waals surface area contributed by atoms with Crippen molar-refractivity contribution in [2.45, 2.75) is 11.5 Å². The molecule has 0 saturated carbocycles. The summed E-state index contributed by atoms with van der Waals surface area (Å²) < 4.78 is 0.683. The van der Waals surface area contributed by atoms with Gasteiger partial charge in [0.15, 0.2) is 0 Å². The van der Waals surface area contributed by atoms with Crippen LogP contribution < -0.4 is 0 Å². The largest absolute Gasteiger partial charge is 0.150 e. The second-order valence-electron chi connectivity index (χ2n) is 1.93. The van der Waals surface area contributed by atoms with Gasteiger partial charge in [0.25, 0.3) is 0 Å². The van der Waals surface area contributed by atoms with E-state index in [1.165, 1.54) is 0 Å². The van der Waals surface area contributed by atoms with E-state index < -0.39 is 0 Å². The predicted octanol–water partition coefficient (Wildman–Crippen LogP) is 2.86. The lowest BCUT2D eigenvalue weighted by molar-refractivity contribution is 0.817. The molecule has 0 spiro atoms. The van der Waals surface area contributed by atoms with Crippen LogP contribution in [0.3, 0.4) is 0 Å². The van der Waals surface area contributed by atoms with Gasteiger partial charge in [-0.25, -0.2) is 0 Å². The molecule has 0 bridgehead atoms. The second-order valence-corrected chi connectivity index (χ2v) is 4.19. The number of allylic oxidation sites excluding steroid dienone is 1. The van der Waals surface area contributed by atoms with Crippen LogP contribution in [0, 0.1) is 5.92 Å². The maximum Gasteiger partial charge on any atom is 0.0556 e. The van der Waals surface area contributed by atoms with E-state index in [1.807, 2.05) is 29.6 Å². The summed E-state index contributed by atoms with van der Waals surface area (Å²) in [5, 5.41) is 0. The summed E-state index contributed by atoms with van der Waals surface area (Å²) in [4.78, 5) is 0. The molecule has 0 heterocycles. The van der Waals surface area contributed by atoms with Gasteiger partial charge >= 0.3 is 0 Å². The minimum absolute atomic E-state index is 0.620. The van der Waals surface area contributed by atoms with E-state index in [9.17, 15) is 0 Å². The lowest BCUT2D eigenvalue weighted by atomic mass is 10.2. The highest BCUT2D eigenvalue weighted by Crippen LogP contribution is 2.26. The summed E-state index contributed by atoms with van der Waals surface area (Å²) in [5.41, 5.74) is 0. The van der Waals surface area contributed by atoms with Crippen molar-refractivity contribution < 1.29 is 0 Å². The first-order chi connectivity index (χ1) is 4.26. The number of thioether (sulfide) groups is 2. The molecule has 0 nitrogen and oxygen atoms in total. The predicted molar refractivity (Wildman–Crippen MR) is 50.2 cm³/mol. The van der Waals surface area contributed by atoms with Crippen LogP contribution in [0.15, 0.2) is 12.7 Å². The molecule has 0 saturated heterocycles. The Hall–Kier alpha value is 0.440. The highest BCUT2D eigenvalue weighted by molar-refractivity contribution is 8.16. The van der Waals surface area contributed by atoms with E-state index in [-0.39, 0.29) is 0 Å². The molecular weight excluding hydrogens is 148 g/mol. The zero-order valence-electron chi connectivity index (χ0n) is 6.26. The standard InChI is InChI=1S/C7H14S2/c1-5-6(2)7(8-3)9-4/h5-7H,1H2,2-4H3. The van der Waals surface area contributed by atoms with Crippen LogP contribution >= 0.6 is 23.5 Å². The van der Waals surface area contributed by atoms with Crippen LogP contribution in [0.2, 0.25) is 0 Å². The molecular formula is C7H14S2. The minimum atomic E-state index is 0.620. The lowest BCUT2D eigenvalue weighted by Crippen LogP contribution is -2.05. The highest BCUT2D eigenvalue weighted by atomic mass is 32.2.